The van der Waals surface area contributed by atoms with Crippen LogP contribution in [0.4, 0.5) is 10.1 Å². The number of aryl methyl sites for hydroxylation is 2. The van der Waals surface area contributed by atoms with E-state index in [0.717, 1.165) is 16.7 Å². The quantitative estimate of drug-likeness (QED) is 0.372. The van der Waals surface area contributed by atoms with Gasteiger partial charge in [-0.1, -0.05) is 18.2 Å². The standard InChI is InChI=1S/C25H18FN3O3/c1-14-23(24(30)27-20-9-7-19(26)8-10-20)21-13-17(6-11-22(21)31-14)16-4-3-5-18(12-16)25-29-28-15(2)32-25/h3-13H,1-2H3,(H,27,30). The molecule has 0 aliphatic carbocycles. The number of anilines is 1. The fourth-order valence-electron chi connectivity index (χ4n) is 3.65. The molecule has 0 spiro atoms. The van der Waals surface area contributed by atoms with Crippen LogP contribution in [0.5, 0.6) is 0 Å². The third kappa shape index (κ3) is 3.65. The van der Waals surface area contributed by atoms with Crippen LogP contribution in [-0.4, -0.2) is 16.1 Å². The molecule has 7 heteroatoms. The lowest BCUT2D eigenvalue weighted by Crippen LogP contribution is -2.12. The van der Waals surface area contributed by atoms with Crippen molar-refractivity contribution >= 4 is 22.6 Å². The van der Waals surface area contributed by atoms with Crippen LogP contribution in [0.1, 0.15) is 22.0 Å². The molecule has 6 nitrogen and oxygen atoms in total. The Labute approximate surface area is 182 Å². The lowest BCUT2D eigenvalue weighted by atomic mass is 10.00. The molecule has 0 saturated heterocycles. The van der Waals surface area contributed by atoms with Crippen molar-refractivity contribution in [3.8, 4) is 22.6 Å². The number of benzene rings is 3. The molecule has 1 amide bonds. The SMILES string of the molecule is Cc1nnc(-c2cccc(-c3ccc4oc(C)c(C(=O)Nc5ccc(F)cc5)c4c3)c2)o1. The summed E-state index contributed by atoms with van der Waals surface area (Å²) in [5.41, 5.74) is 4.20. The molecule has 2 aromatic heterocycles. The number of rotatable bonds is 4. The van der Waals surface area contributed by atoms with E-state index in [1.54, 1.807) is 13.8 Å². The van der Waals surface area contributed by atoms with Crippen molar-refractivity contribution in [1.82, 2.24) is 10.2 Å². The minimum absolute atomic E-state index is 0.319. The van der Waals surface area contributed by atoms with E-state index < -0.39 is 0 Å². The molecule has 0 aliphatic rings. The minimum Gasteiger partial charge on any atom is -0.461 e. The van der Waals surface area contributed by atoms with Gasteiger partial charge in [-0.15, -0.1) is 10.2 Å². The van der Waals surface area contributed by atoms with Crippen molar-refractivity contribution in [2.75, 3.05) is 5.32 Å². The Bertz CT molecular complexity index is 1450. The van der Waals surface area contributed by atoms with Gasteiger partial charge in [-0.05, 0) is 66.6 Å². The summed E-state index contributed by atoms with van der Waals surface area (Å²) in [5, 5.41) is 11.5. The van der Waals surface area contributed by atoms with Gasteiger partial charge in [-0.3, -0.25) is 4.79 Å². The number of furan rings is 1. The summed E-state index contributed by atoms with van der Waals surface area (Å²) < 4.78 is 24.5. The number of halogens is 1. The molecule has 3 aromatic carbocycles. The molecule has 0 aliphatic heterocycles. The third-order valence-electron chi connectivity index (χ3n) is 5.16. The maximum atomic E-state index is 13.2. The predicted octanol–water partition coefficient (Wildman–Crippen LogP) is 6.16. The Morgan fingerprint density at radius 1 is 0.875 bits per heavy atom. The Kier molecular flexibility index (Phi) is 4.78. The van der Waals surface area contributed by atoms with Gasteiger partial charge in [0.05, 0.1) is 5.56 Å². The highest BCUT2D eigenvalue weighted by molar-refractivity contribution is 6.13. The lowest BCUT2D eigenvalue weighted by Gasteiger charge is -2.06. The molecule has 5 aromatic rings. The zero-order valence-corrected chi connectivity index (χ0v) is 17.3. The van der Waals surface area contributed by atoms with Gasteiger partial charge >= 0.3 is 0 Å². The molecule has 0 saturated carbocycles. The van der Waals surface area contributed by atoms with Gasteiger partial charge in [0.25, 0.3) is 5.91 Å². The van der Waals surface area contributed by atoms with Crippen molar-refractivity contribution in [2.45, 2.75) is 13.8 Å². The van der Waals surface area contributed by atoms with Gasteiger partial charge in [0, 0.05) is 23.6 Å². The van der Waals surface area contributed by atoms with Crippen molar-refractivity contribution in [2.24, 2.45) is 0 Å². The van der Waals surface area contributed by atoms with Crippen LogP contribution >= 0.6 is 0 Å². The second-order valence-electron chi connectivity index (χ2n) is 7.41. The highest BCUT2D eigenvalue weighted by Crippen LogP contribution is 2.32. The first-order chi connectivity index (χ1) is 15.5. The zero-order chi connectivity index (χ0) is 22.2. The minimum atomic E-state index is -0.365. The first-order valence-electron chi connectivity index (χ1n) is 9.99. The summed E-state index contributed by atoms with van der Waals surface area (Å²) in [6.45, 7) is 3.49. The van der Waals surface area contributed by atoms with Gasteiger partial charge < -0.3 is 14.2 Å². The van der Waals surface area contributed by atoms with Crippen LogP contribution in [0.15, 0.2) is 75.6 Å². The number of nitrogens with zero attached hydrogens (tertiary/aromatic N) is 2. The van der Waals surface area contributed by atoms with Crippen molar-refractivity contribution in [3.63, 3.8) is 0 Å². The lowest BCUT2D eigenvalue weighted by molar-refractivity contribution is 0.102. The first-order valence-corrected chi connectivity index (χ1v) is 9.99. The summed E-state index contributed by atoms with van der Waals surface area (Å²) in [6.07, 6.45) is 0. The smallest absolute Gasteiger partial charge is 0.259 e. The van der Waals surface area contributed by atoms with Crippen molar-refractivity contribution in [1.29, 1.82) is 0 Å². The Morgan fingerprint density at radius 2 is 1.62 bits per heavy atom. The van der Waals surface area contributed by atoms with Crippen LogP contribution in [0.3, 0.4) is 0 Å². The number of aromatic nitrogens is 2. The molecule has 32 heavy (non-hydrogen) atoms. The molecule has 0 fully saturated rings. The topological polar surface area (TPSA) is 81.2 Å². The zero-order valence-electron chi connectivity index (χ0n) is 17.3. The number of hydrogen-bond acceptors (Lipinski definition) is 5. The van der Waals surface area contributed by atoms with E-state index in [-0.39, 0.29) is 11.7 Å². The Hall–Kier alpha value is -4.26. The van der Waals surface area contributed by atoms with Crippen LogP contribution in [0, 0.1) is 19.7 Å². The fourth-order valence-corrected chi connectivity index (χ4v) is 3.65. The van der Waals surface area contributed by atoms with Gasteiger partial charge in [0.15, 0.2) is 0 Å². The van der Waals surface area contributed by atoms with Crippen LogP contribution in [0.25, 0.3) is 33.6 Å². The molecule has 2 heterocycles. The second kappa shape index (κ2) is 7.77. The molecular formula is C25H18FN3O3. The summed E-state index contributed by atoms with van der Waals surface area (Å²) in [4.78, 5) is 13.0. The maximum Gasteiger partial charge on any atom is 0.259 e. The fraction of sp³-hybridized carbons (Fsp3) is 0.0800. The average molecular weight is 427 g/mol. The van der Waals surface area contributed by atoms with E-state index >= 15 is 0 Å². The number of nitrogens with one attached hydrogen (secondary N) is 1. The van der Waals surface area contributed by atoms with Gasteiger partial charge in [-0.25, -0.2) is 4.39 Å². The van der Waals surface area contributed by atoms with Crippen molar-refractivity contribution < 1.29 is 18.0 Å². The number of hydrogen-bond donors (Lipinski definition) is 1. The molecule has 0 atom stereocenters. The first kappa shape index (κ1) is 19.7. The third-order valence-corrected chi connectivity index (χ3v) is 5.16. The van der Waals surface area contributed by atoms with Gasteiger partial charge in [-0.2, -0.15) is 0 Å². The van der Waals surface area contributed by atoms with Gasteiger partial charge in [0.2, 0.25) is 11.8 Å². The highest BCUT2D eigenvalue weighted by Gasteiger charge is 2.19. The molecule has 0 radical (unpaired) electrons. The Balaban J connectivity index is 1.53. The van der Waals surface area contributed by atoms with Crippen molar-refractivity contribution in [3.05, 3.63) is 89.8 Å². The summed E-state index contributed by atoms with van der Waals surface area (Å²) in [5.74, 6) is 0.767. The molecular weight excluding hydrogens is 409 g/mol. The molecule has 5 rings (SSSR count). The highest BCUT2D eigenvalue weighted by atomic mass is 19.1. The monoisotopic (exact) mass is 427 g/mol. The maximum absolute atomic E-state index is 13.2. The summed E-state index contributed by atoms with van der Waals surface area (Å²) in [7, 11) is 0. The molecule has 0 unspecified atom stereocenters. The van der Waals surface area contributed by atoms with E-state index in [4.69, 9.17) is 8.83 Å². The van der Waals surface area contributed by atoms with E-state index in [1.165, 1.54) is 24.3 Å². The van der Waals surface area contributed by atoms with E-state index in [1.807, 2.05) is 42.5 Å². The molecule has 0 bridgehead atoms. The summed E-state index contributed by atoms with van der Waals surface area (Å²) >= 11 is 0. The average Bonchev–Trinajstić information content (AvgIpc) is 3.37. The van der Waals surface area contributed by atoms with E-state index in [9.17, 15) is 9.18 Å². The van der Waals surface area contributed by atoms with E-state index in [0.29, 0.717) is 39.8 Å². The Morgan fingerprint density at radius 3 is 2.38 bits per heavy atom. The molecule has 158 valence electrons. The van der Waals surface area contributed by atoms with Gasteiger partial charge in [0.1, 0.15) is 17.2 Å². The number of amides is 1. The number of carbonyl (C=O) groups is 1. The second-order valence-corrected chi connectivity index (χ2v) is 7.41. The van der Waals surface area contributed by atoms with E-state index in [2.05, 4.69) is 15.5 Å². The number of fused-ring (bicyclic) bond motifs is 1. The molecule has 1 N–H and O–H groups in total. The number of carbonyl (C=O) groups excluding carboxylic acids is 1. The normalized spacial score (nSPS) is 11.1. The van der Waals surface area contributed by atoms with Crippen LogP contribution in [-0.2, 0) is 0 Å². The van der Waals surface area contributed by atoms with Crippen LogP contribution < -0.4 is 5.32 Å². The largest absolute Gasteiger partial charge is 0.461 e. The summed E-state index contributed by atoms with van der Waals surface area (Å²) in [6, 6.07) is 19.1. The predicted molar refractivity (Wildman–Crippen MR) is 119 cm³/mol. The van der Waals surface area contributed by atoms with Crippen LogP contribution in [0.2, 0.25) is 0 Å².